The highest BCUT2D eigenvalue weighted by Gasteiger charge is 2.48. The maximum atomic E-state index is 14.5. The molecule has 146 valence electrons. The lowest BCUT2D eigenvalue weighted by Crippen LogP contribution is -2.36. The molecule has 0 spiro atoms. The number of nitrogens with one attached hydrogen (secondary N) is 1. The van der Waals surface area contributed by atoms with E-state index in [-0.39, 0.29) is 36.7 Å². The van der Waals surface area contributed by atoms with Gasteiger partial charge in [-0.2, -0.15) is 0 Å². The van der Waals surface area contributed by atoms with Crippen molar-refractivity contribution in [1.29, 1.82) is 0 Å². The second-order valence-electron chi connectivity index (χ2n) is 6.54. The molecule has 3 aliphatic heterocycles. The van der Waals surface area contributed by atoms with Gasteiger partial charge in [-0.25, -0.2) is 22.4 Å². The lowest BCUT2D eigenvalue weighted by atomic mass is 10.2. The second kappa shape index (κ2) is 6.79. The van der Waals surface area contributed by atoms with Crippen LogP contribution in [0, 0.1) is 11.6 Å². The van der Waals surface area contributed by atoms with Crippen LogP contribution in [0.4, 0.5) is 33.7 Å². The number of ether oxygens (including phenoxy) is 2. The Morgan fingerprint density at radius 2 is 1.85 bits per heavy atom. The first-order valence-corrected chi connectivity index (χ1v) is 8.67. The number of morpholine rings is 1. The molecule has 3 saturated heterocycles. The van der Waals surface area contributed by atoms with Crippen LogP contribution in [0.1, 0.15) is 0 Å². The number of carbonyl (C=O) groups is 1. The third kappa shape index (κ3) is 3.53. The number of anilines is 2. The van der Waals surface area contributed by atoms with Gasteiger partial charge in [-0.05, 0) is 0 Å². The predicted molar refractivity (Wildman–Crippen MR) is 91.5 cm³/mol. The van der Waals surface area contributed by atoms with Crippen LogP contribution in [0.5, 0.6) is 0 Å². The minimum Gasteiger partial charge on any atom is -0.442 e. The summed E-state index contributed by atoms with van der Waals surface area (Å²) in [7, 11) is 0. The van der Waals surface area contributed by atoms with Crippen LogP contribution in [-0.4, -0.2) is 62.0 Å². The average Bonchev–Trinajstić information content (AvgIpc) is 3.03. The molecule has 3 aliphatic rings. The van der Waals surface area contributed by atoms with Crippen molar-refractivity contribution in [3.63, 3.8) is 0 Å². The summed E-state index contributed by atoms with van der Waals surface area (Å²) in [5, 5.41) is 2.30. The number of alkyl halides is 2. The summed E-state index contributed by atoms with van der Waals surface area (Å²) in [5.41, 5.74) is -0.152. The molecule has 3 atom stereocenters. The molecular formula is C16H15F4N3O3S. The van der Waals surface area contributed by atoms with E-state index in [4.69, 9.17) is 9.47 Å². The summed E-state index contributed by atoms with van der Waals surface area (Å²) < 4.78 is 64.1. The molecule has 3 heterocycles. The summed E-state index contributed by atoms with van der Waals surface area (Å²) >= 11 is 4.45. The van der Waals surface area contributed by atoms with Crippen LogP contribution in [0.15, 0.2) is 12.1 Å². The molecule has 3 fully saturated rings. The van der Waals surface area contributed by atoms with Crippen LogP contribution in [0.25, 0.3) is 0 Å². The van der Waals surface area contributed by atoms with E-state index in [2.05, 4.69) is 17.5 Å². The molecule has 1 aromatic rings. The summed E-state index contributed by atoms with van der Waals surface area (Å²) in [4.78, 5) is 14.0. The molecule has 2 unspecified atom stereocenters. The second-order valence-corrected chi connectivity index (χ2v) is 6.98. The van der Waals surface area contributed by atoms with Gasteiger partial charge in [0.15, 0.2) is 11.6 Å². The standard InChI is InChI=1S/C16H15F4N3O3S/c17-9-1-7(2-10(18)13(9)22-5-11-12(6-22)26-11)23-4-8(25-16(23)24)3-21-15(27)14(19)20/h1-2,8,11-12,14H,3-6H2,(H,21,27)/t8-,11?,12?/m0/s1. The highest BCUT2D eigenvalue weighted by molar-refractivity contribution is 7.80. The lowest BCUT2D eigenvalue weighted by Gasteiger charge is -2.22. The Labute approximate surface area is 157 Å². The zero-order chi connectivity index (χ0) is 19.3. The molecule has 11 heteroatoms. The number of benzene rings is 1. The van der Waals surface area contributed by atoms with Gasteiger partial charge in [0.05, 0.1) is 18.8 Å². The number of carbonyl (C=O) groups excluding carboxylic acids is 1. The van der Waals surface area contributed by atoms with Crippen molar-refractivity contribution in [3.05, 3.63) is 23.8 Å². The number of cyclic esters (lactones) is 1. The van der Waals surface area contributed by atoms with Crippen molar-refractivity contribution in [1.82, 2.24) is 5.32 Å². The normalized spacial score (nSPS) is 26.4. The van der Waals surface area contributed by atoms with Crippen LogP contribution >= 0.6 is 12.2 Å². The highest BCUT2D eigenvalue weighted by atomic mass is 32.1. The van der Waals surface area contributed by atoms with Crippen LogP contribution < -0.4 is 15.1 Å². The molecule has 4 rings (SSSR count). The Balaban J connectivity index is 1.45. The van der Waals surface area contributed by atoms with Gasteiger partial charge in [-0.3, -0.25) is 4.90 Å². The van der Waals surface area contributed by atoms with Gasteiger partial charge < -0.3 is 19.7 Å². The molecule has 0 saturated carbocycles. The molecule has 1 N–H and O–H groups in total. The van der Waals surface area contributed by atoms with Gasteiger partial charge in [-0.15, -0.1) is 0 Å². The van der Waals surface area contributed by atoms with Crippen LogP contribution in [-0.2, 0) is 9.47 Å². The molecule has 1 amide bonds. The Bertz CT molecular complexity index is 763. The fraction of sp³-hybridized carbons (Fsp3) is 0.500. The predicted octanol–water partition coefficient (Wildman–Crippen LogP) is 2.06. The van der Waals surface area contributed by atoms with Gasteiger partial charge in [0.2, 0.25) is 0 Å². The van der Waals surface area contributed by atoms with E-state index in [1.54, 1.807) is 4.90 Å². The zero-order valence-corrected chi connectivity index (χ0v) is 14.6. The number of epoxide rings is 1. The summed E-state index contributed by atoms with van der Waals surface area (Å²) in [6.45, 7) is 0.672. The maximum absolute atomic E-state index is 14.5. The Hall–Kier alpha value is -2.14. The number of halogens is 4. The van der Waals surface area contributed by atoms with E-state index >= 15 is 0 Å². The minimum absolute atomic E-state index is 0.00158. The number of rotatable bonds is 5. The maximum Gasteiger partial charge on any atom is 0.414 e. The minimum atomic E-state index is -2.81. The van der Waals surface area contributed by atoms with E-state index in [9.17, 15) is 22.4 Å². The number of fused-ring (bicyclic) bond motifs is 1. The molecule has 1 aromatic carbocycles. The van der Waals surface area contributed by atoms with E-state index in [0.717, 1.165) is 17.0 Å². The van der Waals surface area contributed by atoms with Crippen LogP contribution in [0.3, 0.4) is 0 Å². The van der Waals surface area contributed by atoms with Crippen molar-refractivity contribution in [2.24, 2.45) is 0 Å². The average molecular weight is 405 g/mol. The van der Waals surface area contributed by atoms with Gasteiger partial charge in [0.25, 0.3) is 6.43 Å². The van der Waals surface area contributed by atoms with Gasteiger partial charge >= 0.3 is 6.09 Å². The Kier molecular flexibility index (Phi) is 4.58. The number of thiocarbonyl (C=S) groups is 1. The third-order valence-corrected chi connectivity index (χ3v) is 5.02. The van der Waals surface area contributed by atoms with Crippen molar-refractivity contribution in [2.75, 3.05) is 36.0 Å². The first-order valence-electron chi connectivity index (χ1n) is 8.27. The van der Waals surface area contributed by atoms with Gasteiger partial charge in [0.1, 0.15) is 29.0 Å². The lowest BCUT2D eigenvalue weighted by molar-refractivity contribution is 0.142. The summed E-state index contributed by atoms with van der Waals surface area (Å²) in [5.74, 6) is -1.58. The van der Waals surface area contributed by atoms with Crippen molar-refractivity contribution in [3.8, 4) is 0 Å². The first kappa shape index (κ1) is 18.2. The van der Waals surface area contributed by atoms with E-state index in [0.29, 0.717) is 13.1 Å². The van der Waals surface area contributed by atoms with Gasteiger partial charge in [0, 0.05) is 25.2 Å². The van der Waals surface area contributed by atoms with Crippen molar-refractivity contribution in [2.45, 2.75) is 24.7 Å². The molecule has 0 bridgehead atoms. The molecule has 0 aromatic heterocycles. The fourth-order valence-electron chi connectivity index (χ4n) is 3.33. The number of amides is 1. The number of hydrogen-bond acceptors (Lipinski definition) is 5. The topological polar surface area (TPSA) is 57.3 Å². The number of hydrogen-bond donors (Lipinski definition) is 1. The Morgan fingerprint density at radius 3 is 2.44 bits per heavy atom. The van der Waals surface area contributed by atoms with E-state index < -0.39 is 35.2 Å². The van der Waals surface area contributed by atoms with Crippen LogP contribution in [0.2, 0.25) is 0 Å². The molecule has 0 aliphatic carbocycles. The number of nitrogens with zero attached hydrogens (tertiary/aromatic N) is 2. The first-order chi connectivity index (χ1) is 12.8. The smallest absolute Gasteiger partial charge is 0.414 e. The van der Waals surface area contributed by atoms with Gasteiger partial charge in [-0.1, -0.05) is 12.2 Å². The fourth-order valence-corrected chi connectivity index (χ4v) is 3.42. The third-order valence-electron chi connectivity index (χ3n) is 4.69. The quantitative estimate of drug-likeness (QED) is 0.460. The molecule has 0 radical (unpaired) electrons. The van der Waals surface area contributed by atoms with Crippen molar-refractivity contribution >= 4 is 34.7 Å². The van der Waals surface area contributed by atoms with Crippen molar-refractivity contribution < 1.29 is 31.8 Å². The highest BCUT2D eigenvalue weighted by Crippen LogP contribution is 2.38. The SMILES string of the molecule is O=C1O[C@@H](CNC(=S)C(F)F)CN1c1cc(F)c(N2CC3OC3C2)c(F)c1. The zero-order valence-electron chi connectivity index (χ0n) is 13.8. The molecule has 27 heavy (non-hydrogen) atoms. The monoisotopic (exact) mass is 405 g/mol. The summed E-state index contributed by atoms with van der Waals surface area (Å²) in [6, 6.07) is 2.12. The van der Waals surface area contributed by atoms with E-state index in [1.165, 1.54) is 0 Å². The largest absolute Gasteiger partial charge is 0.442 e. The molecule has 6 nitrogen and oxygen atoms in total. The summed E-state index contributed by atoms with van der Waals surface area (Å²) in [6.07, 6.45) is -4.37. The Morgan fingerprint density at radius 1 is 1.22 bits per heavy atom. The van der Waals surface area contributed by atoms with E-state index in [1.807, 2.05) is 0 Å². The molecular weight excluding hydrogens is 390 g/mol.